The highest BCUT2D eigenvalue weighted by atomic mass is 32.2. The van der Waals surface area contributed by atoms with Gasteiger partial charge >= 0.3 is 12.3 Å². The summed E-state index contributed by atoms with van der Waals surface area (Å²) in [5.41, 5.74) is -0.706. The van der Waals surface area contributed by atoms with Gasteiger partial charge in [-0.05, 0) is 42.8 Å². The Bertz CT molecular complexity index is 1300. The average Bonchev–Trinajstić information content (AvgIpc) is 2.72. The normalized spacial score (nSPS) is 12.4. The van der Waals surface area contributed by atoms with Gasteiger partial charge in [-0.1, -0.05) is 42.5 Å². The highest BCUT2D eigenvalue weighted by Gasteiger charge is 2.34. The third-order valence-corrected chi connectivity index (χ3v) is 5.44. The SMILES string of the molecule is CC(C)(Oc1cc(C(=O)OCCS(=O)(=O)[O-])ccc1OC(F)(F)F)c1cccc2ccccc12. The summed E-state index contributed by atoms with van der Waals surface area (Å²) >= 11 is 0. The van der Waals surface area contributed by atoms with Gasteiger partial charge in [0.05, 0.1) is 21.4 Å². The maximum Gasteiger partial charge on any atom is 0.573 e. The van der Waals surface area contributed by atoms with Crippen LogP contribution in [0.15, 0.2) is 60.7 Å². The van der Waals surface area contributed by atoms with Gasteiger partial charge in [0.1, 0.15) is 12.2 Å². The van der Waals surface area contributed by atoms with Crippen LogP contribution in [0, 0.1) is 0 Å². The molecule has 3 rings (SSSR count). The lowest BCUT2D eigenvalue weighted by Gasteiger charge is -2.29. The first-order valence-corrected chi connectivity index (χ1v) is 11.5. The lowest BCUT2D eigenvalue weighted by molar-refractivity contribution is -0.275. The zero-order valence-corrected chi connectivity index (χ0v) is 18.9. The molecule has 0 N–H and O–H groups in total. The van der Waals surface area contributed by atoms with Crippen LogP contribution in [0.1, 0.15) is 29.8 Å². The van der Waals surface area contributed by atoms with Gasteiger partial charge in [0, 0.05) is 5.56 Å². The minimum Gasteiger partial charge on any atom is -0.748 e. The summed E-state index contributed by atoms with van der Waals surface area (Å²) in [5, 5.41) is 1.72. The number of carbonyl (C=O) groups is 1. The Morgan fingerprint density at radius 3 is 2.29 bits per heavy atom. The topological polar surface area (TPSA) is 102 Å². The molecular weight excluding hydrogens is 477 g/mol. The van der Waals surface area contributed by atoms with E-state index in [0.29, 0.717) is 5.56 Å². The van der Waals surface area contributed by atoms with Crippen LogP contribution in [0.25, 0.3) is 10.8 Å². The molecule has 0 amide bonds. The van der Waals surface area contributed by atoms with E-state index in [1.165, 1.54) is 0 Å². The highest BCUT2D eigenvalue weighted by molar-refractivity contribution is 7.85. The number of hydrogen-bond donors (Lipinski definition) is 0. The number of fused-ring (bicyclic) bond motifs is 1. The van der Waals surface area contributed by atoms with Gasteiger partial charge in [-0.3, -0.25) is 0 Å². The Labute approximate surface area is 193 Å². The van der Waals surface area contributed by atoms with Crippen molar-refractivity contribution < 1.29 is 45.1 Å². The standard InChI is InChI=1S/C23H21F3O7S/c1-22(2,18-9-5-7-15-6-3-4-8-17(15)18)32-20-14-16(10-11-19(20)33-23(24,25)26)21(27)31-12-13-34(28,29)30/h3-11,14H,12-13H2,1-2H3,(H,28,29,30)/p-1. The molecule has 0 atom stereocenters. The molecule has 34 heavy (non-hydrogen) atoms. The van der Waals surface area contributed by atoms with Gasteiger partial charge in [0.15, 0.2) is 11.5 Å². The number of rotatable bonds is 8. The Hall–Kier alpha value is -3.31. The Balaban J connectivity index is 1.96. The Kier molecular flexibility index (Phi) is 7.08. The minimum absolute atomic E-state index is 0.221. The fourth-order valence-corrected chi connectivity index (χ4v) is 3.61. The van der Waals surface area contributed by atoms with Crippen LogP contribution in [0.3, 0.4) is 0 Å². The summed E-state index contributed by atoms with van der Waals surface area (Å²) in [6.07, 6.45) is -5.02. The van der Waals surface area contributed by atoms with Crippen LogP contribution in [-0.4, -0.2) is 37.7 Å². The summed E-state index contributed by atoms with van der Waals surface area (Å²) in [7, 11) is -4.61. The van der Waals surface area contributed by atoms with Crippen LogP contribution in [0.5, 0.6) is 11.5 Å². The molecule has 0 spiro atoms. The van der Waals surface area contributed by atoms with Gasteiger partial charge in [-0.15, -0.1) is 13.2 Å². The molecule has 0 aliphatic rings. The molecule has 0 aliphatic heterocycles. The molecule has 0 radical (unpaired) electrons. The number of benzene rings is 3. The van der Waals surface area contributed by atoms with Crippen LogP contribution < -0.4 is 9.47 Å². The van der Waals surface area contributed by atoms with Crippen molar-refractivity contribution in [2.75, 3.05) is 12.4 Å². The molecule has 0 aliphatic carbocycles. The summed E-state index contributed by atoms with van der Waals surface area (Å²) in [4.78, 5) is 12.3. The van der Waals surface area contributed by atoms with Crippen molar-refractivity contribution in [2.45, 2.75) is 25.8 Å². The first-order chi connectivity index (χ1) is 15.8. The quantitative estimate of drug-likeness (QED) is 0.327. The number of esters is 1. The van der Waals surface area contributed by atoms with E-state index in [-0.39, 0.29) is 11.3 Å². The molecule has 0 saturated carbocycles. The van der Waals surface area contributed by atoms with E-state index in [4.69, 9.17) is 9.47 Å². The van der Waals surface area contributed by atoms with Gasteiger partial charge in [-0.25, -0.2) is 13.2 Å². The maximum absolute atomic E-state index is 13.0. The molecule has 0 aromatic heterocycles. The number of hydrogen-bond acceptors (Lipinski definition) is 7. The van der Waals surface area contributed by atoms with Crippen molar-refractivity contribution in [3.63, 3.8) is 0 Å². The van der Waals surface area contributed by atoms with E-state index in [1.54, 1.807) is 26.0 Å². The smallest absolute Gasteiger partial charge is 0.573 e. The first kappa shape index (κ1) is 25.3. The molecule has 0 heterocycles. The first-order valence-electron chi connectivity index (χ1n) is 9.93. The van der Waals surface area contributed by atoms with Crippen LogP contribution in [0.2, 0.25) is 0 Å². The third-order valence-electron chi connectivity index (χ3n) is 4.77. The van der Waals surface area contributed by atoms with Crippen molar-refractivity contribution in [1.29, 1.82) is 0 Å². The van der Waals surface area contributed by atoms with Gasteiger partial charge in [0.2, 0.25) is 0 Å². The molecule has 7 nitrogen and oxygen atoms in total. The summed E-state index contributed by atoms with van der Waals surface area (Å²) in [6, 6.07) is 15.7. The molecule has 0 fully saturated rings. The fraction of sp³-hybridized carbons (Fsp3) is 0.261. The van der Waals surface area contributed by atoms with Crippen molar-refractivity contribution in [1.82, 2.24) is 0 Å². The number of halogens is 3. The van der Waals surface area contributed by atoms with Crippen molar-refractivity contribution in [3.8, 4) is 11.5 Å². The van der Waals surface area contributed by atoms with Crippen LogP contribution >= 0.6 is 0 Å². The molecule has 3 aromatic rings. The lowest BCUT2D eigenvalue weighted by atomic mass is 9.92. The van der Waals surface area contributed by atoms with E-state index in [0.717, 1.165) is 29.0 Å². The molecule has 0 unspecified atom stereocenters. The predicted octanol–water partition coefficient (Wildman–Crippen LogP) is 4.75. The molecular formula is C23H20F3O7S-. The molecule has 182 valence electrons. The lowest BCUT2D eigenvalue weighted by Crippen LogP contribution is -2.27. The van der Waals surface area contributed by atoms with Gasteiger partial charge in [-0.2, -0.15) is 0 Å². The van der Waals surface area contributed by atoms with Gasteiger partial charge < -0.3 is 18.8 Å². The van der Waals surface area contributed by atoms with Crippen molar-refractivity contribution >= 4 is 26.9 Å². The van der Waals surface area contributed by atoms with Crippen molar-refractivity contribution in [2.24, 2.45) is 0 Å². The number of carbonyl (C=O) groups excluding carboxylic acids is 1. The number of ether oxygens (including phenoxy) is 3. The zero-order valence-electron chi connectivity index (χ0n) is 18.1. The molecule has 3 aromatic carbocycles. The zero-order chi connectivity index (χ0) is 25.1. The largest absolute Gasteiger partial charge is 0.748 e. The third kappa shape index (κ3) is 6.61. The molecule has 0 saturated heterocycles. The average molecular weight is 497 g/mol. The van der Waals surface area contributed by atoms with E-state index in [9.17, 15) is 30.9 Å². The van der Waals surface area contributed by atoms with Crippen molar-refractivity contribution in [3.05, 3.63) is 71.8 Å². The number of alkyl halides is 3. The van der Waals surface area contributed by atoms with E-state index < -0.39 is 46.2 Å². The second kappa shape index (κ2) is 9.51. The predicted molar refractivity (Wildman–Crippen MR) is 116 cm³/mol. The maximum atomic E-state index is 13.0. The van der Waals surface area contributed by atoms with E-state index in [1.807, 2.05) is 30.3 Å². The Morgan fingerprint density at radius 2 is 1.62 bits per heavy atom. The highest BCUT2D eigenvalue weighted by Crippen LogP contribution is 2.39. The minimum atomic E-state index is -5.02. The van der Waals surface area contributed by atoms with Crippen LogP contribution in [0.4, 0.5) is 13.2 Å². The summed E-state index contributed by atoms with van der Waals surface area (Å²) in [6.45, 7) is 2.59. The Morgan fingerprint density at radius 1 is 0.941 bits per heavy atom. The monoisotopic (exact) mass is 497 g/mol. The molecule has 11 heteroatoms. The van der Waals surface area contributed by atoms with E-state index in [2.05, 4.69) is 4.74 Å². The van der Waals surface area contributed by atoms with Gasteiger partial charge in [0.25, 0.3) is 0 Å². The second-order valence-electron chi connectivity index (χ2n) is 7.75. The van der Waals surface area contributed by atoms with E-state index >= 15 is 0 Å². The summed E-state index contributed by atoms with van der Waals surface area (Å²) in [5.74, 6) is -3.05. The molecule has 0 bridgehead atoms. The fourth-order valence-electron chi connectivity index (χ4n) is 3.32. The summed E-state index contributed by atoms with van der Waals surface area (Å²) < 4.78 is 85.7. The van der Waals surface area contributed by atoms with Crippen LogP contribution in [-0.2, 0) is 20.5 Å². The second-order valence-corrected chi connectivity index (χ2v) is 9.27.